The molecule has 5 nitrogen and oxygen atoms in total. The maximum Gasteiger partial charge on any atom is 0.255 e. The maximum absolute atomic E-state index is 11.9. The number of nitrogens with one attached hydrogen (secondary N) is 2. The molecule has 0 saturated carbocycles. The molecule has 0 aromatic heterocycles. The van der Waals surface area contributed by atoms with Gasteiger partial charge in [0.2, 0.25) is 0 Å². The van der Waals surface area contributed by atoms with E-state index in [0.29, 0.717) is 36.8 Å². The zero-order chi connectivity index (χ0) is 12.1. The average Bonchev–Trinajstić information content (AvgIpc) is 2.38. The van der Waals surface area contributed by atoms with E-state index in [1.165, 1.54) is 0 Å². The lowest BCUT2D eigenvalue weighted by Gasteiger charge is -2.20. The lowest BCUT2D eigenvalue weighted by atomic mass is 10.1. The second-order valence-corrected chi connectivity index (χ2v) is 3.69. The molecule has 2 N–H and O–H groups in total. The second kappa shape index (κ2) is 5.54. The maximum atomic E-state index is 11.9. The van der Waals surface area contributed by atoms with Crippen LogP contribution in [0.4, 0.5) is 0 Å². The third-order valence-corrected chi connectivity index (χ3v) is 2.47. The molecule has 1 aromatic rings. The molecule has 0 fully saturated rings. The highest BCUT2D eigenvalue weighted by Gasteiger charge is 2.19. The Morgan fingerprint density at radius 2 is 2.12 bits per heavy atom. The fourth-order valence-corrected chi connectivity index (χ4v) is 1.65. The van der Waals surface area contributed by atoms with E-state index < -0.39 is 0 Å². The first-order valence-corrected chi connectivity index (χ1v) is 5.64. The second-order valence-electron chi connectivity index (χ2n) is 3.69. The van der Waals surface area contributed by atoms with Crippen LogP contribution in [0, 0.1) is 0 Å². The molecule has 5 heteroatoms. The number of benzene rings is 1. The van der Waals surface area contributed by atoms with E-state index >= 15 is 0 Å². The van der Waals surface area contributed by atoms with Crippen LogP contribution in [0.1, 0.15) is 10.4 Å². The van der Waals surface area contributed by atoms with Gasteiger partial charge in [-0.3, -0.25) is 4.79 Å². The van der Waals surface area contributed by atoms with Crippen LogP contribution in [0.3, 0.4) is 0 Å². The van der Waals surface area contributed by atoms with Gasteiger partial charge in [0.15, 0.2) is 11.5 Å². The van der Waals surface area contributed by atoms with E-state index in [1.807, 2.05) is 7.05 Å². The van der Waals surface area contributed by atoms with E-state index in [9.17, 15) is 4.79 Å². The lowest BCUT2D eigenvalue weighted by Crippen LogP contribution is -2.31. The molecule has 2 rings (SSSR count). The van der Waals surface area contributed by atoms with E-state index in [-0.39, 0.29) is 5.91 Å². The number of amides is 1. The van der Waals surface area contributed by atoms with Gasteiger partial charge in [-0.2, -0.15) is 0 Å². The number of hydrogen-bond acceptors (Lipinski definition) is 4. The Labute approximate surface area is 100 Å². The molecule has 0 spiro atoms. The summed E-state index contributed by atoms with van der Waals surface area (Å²) in [4.78, 5) is 11.9. The zero-order valence-corrected chi connectivity index (χ0v) is 9.79. The number of carbonyl (C=O) groups is 1. The van der Waals surface area contributed by atoms with Crippen LogP contribution >= 0.6 is 0 Å². The highest BCUT2D eigenvalue weighted by Crippen LogP contribution is 2.33. The quantitative estimate of drug-likeness (QED) is 0.743. The average molecular weight is 236 g/mol. The largest absolute Gasteiger partial charge is 0.486 e. The third-order valence-electron chi connectivity index (χ3n) is 2.47. The predicted molar refractivity (Wildman–Crippen MR) is 63.7 cm³/mol. The third kappa shape index (κ3) is 2.68. The van der Waals surface area contributed by atoms with E-state index in [4.69, 9.17) is 9.47 Å². The molecule has 1 amide bonds. The number of ether oxygens (including phenoxy) is 2. The van der Waals surface area contributed by atoms with Gasteiger partial charge in [0, 0.05) is 13.1 Å². The Hall–Kier alpha value is -1.75. The SMILES string of the molecule is CNCCNC(=O)c1cccc2c1OCCO2. The van der Waals surface area contributed by atoms with Crippen LogP contribution in [0.15, 0.2) is 18.2 Å². The highest BCUT2D eigenvalue weighted by atomic mass is 16.6. The summed E-state index contributed by atoms with van der Waals surface area (Å²) in [5.74, 6) is 1.04. The first kappa shape index (κ1) is 11.7. The summed E-state index contributed by atoms with van der Waals surface area (Å²) in [6.45, 7) is 2.32. The van der Waals surface area contributed by atoms with Crippen molar-refractivity contribution in [2.45, 2.75) is 0 Å². The van der Waals surface area contributed by atoms with Crippen molar-refractivity contribution < 1.29 is 14.3 Å². The Bertz CT molecular complexity index is 407. The summed E-state index contributed by atoms with van der Waals surface area (Å²) in [7, 11) is 1.84. The van der Waals surface area contributed by atoms with Gasteiger partial charge >= 0.3 is 0 Å². The molecule has 1 aliphatic rings. The smallest absolute Gasteiger partial charge is 0.255 e. The highest BCUT2D eigenvalue weighted by molar-refractivity contribution is 5.97. The molecular formula is C12H16N2O3. The molecule has 17 heavy (non-hydrogen) atoms. The normalized spacial score (nSPS) is 13.2. The Morgan fingerprint density at radius 3 is 2.94 bits per heavy atom. The van der Waals surface area contributed by atoms with Crippen molar-refractivity contribution in [3.8, 4) is 11.5 Å². The summed E-state index contributed by atoms with van der Waals surface area (Å²) in [6, 6.07) is 5.33. The zero-order valence-electron chi connectivity index (χ0n) is 9.79. The van der Waals surface area contributed by atoms with Gasteiger partial charge < -0.3 is 20.1 Å². The number of carbonyl (C=O) groups excluding carboxylic acids is 1. The van der Waals surface area contributed by atoms with Crippen LogP contribution < -0.4 is 20.1 Å². The molecule has 0 aliphatic carbocycles. The Morgan fingerprint density at radius 1 is 1.29 bits per heavy atom. The summed E-state index contributed by atoms with van der Waals surface area (Å²) in [6.07, 6.45) is 0. The van der Waals surface area contributed by atoms with Gasteiger partial charge in [-0.25, -0.2) is 0 Å². The Kier molecular flexibility index (Phi) is 3.82. The van der Waals surface area contributed by atoms with Crippen molar-refractivity contribution in [2.24, 2.45) is 0 Å². The molecule has 1 heterocycles. The minimum absolute atomic E-state index is 0.136. The van der Waals surface area contributed by atoms with Crippen molar-refractivity contribution in [1.82, 2.24) is 10.6 Å². The first-order valence-electron chi connectivity index (χ1n) is 5.64. The predicted octanol–water partition coefficient (Wildman–Crippen LogP) is 0.407. The van der Waals surface area contributed by atoms with Crippen LogP contribution in [-0.4, -0.2) is 39.3 Å². The van der Waals surface area contributed by atoms with E-state index in [1.54, 1.807) is 18.2 Å². The van der Waals surface area contributed by atoms with E-state index in [0.717, 1.165) is 6.54 Å². The lowest BCUT2D eigenvalue weighted by molar-refractivity contribution is 0.0943. The van der Waals surface area contributed by atoms with E-state index in [2.05, 4.69) is 10.6 Å². The topological polar surface area (TPSA) is 59.6 Å². The fraction of sp³-hybridized carbons (Fsp3) is 0.417. The summed E-state index contributed by atoms with van der Waals surface area (Å²) in [5.41, 5.74) is 0.526. The van der Waals surface area contributed by atoms with Gasteiger partial charge in [0.25, 0.3) is 5.91 Å². The van der Waals surface area contributed by atoms with Crippen molar-refractivity contribution in [1.29, 1.82) is 0 Å². The Balaban J connectivity index is 2.12. The van der Waals surface area contributed by atoms with Gasteiger partial charge in [-0.05, 0) is 19.2 Å². The van der Waals surface area contributed by atoms with Gasteiger partial charge in [0.1, 0.15) is 13.2 Å². The number of para-hydroxylation sites is 1. The molecular weight excluding hydrogens is 220 g/mol. The first-order chi connectivity index (χ1) is 8.33. The molecule has 0 saturated heterocycles. The van der Waals surface area contributed by atoms with Crippen molar-refractivity contribution in [3.63, 3.8) is 0 Å². The minimum atomic E-state index is -0.136. The molecule has 1 aromatic carbocycles. The molecule has 0 bridgehead atoms. The molecule has 0 unspecified atom stereocenters. The summed E-state index contributed by atoms with van der Waals surface area (Å²) < 4.78 is 10.9. The fourth-order valence-electron chi connectivity index (χ4n) is 1.65. The van der Waals surface area contributed by atoms with Gasteiger partial charge in [-0.1, -0.05) is 6.07 Å². The number of fused-ring (bicyclic) bond motifs is 1. The molecule has 0 radical (unpaired) electrons. The monoisotopic (exact) mass is 236 g/mol. The van der Waals surface area contributed by atoms with Gasteiger partial charge in [-0.15, -0.1) is 0 Å². The van der Waals surface area contributed by atoms with Gasteiger partial charge in [0.05, 0.1) is 5.56 Å². The van der Waals surface area contributed by atoms with Crippen molar-refractivity contribution >= 4 is 5.91 Å². The van der Waals surface area contributed by atoms with Crippen LogP contribution in [0.5, 0.6) is 11.5 Å². The number of likely N-dealkylation sites (N-methyl/N-ethyl adjacent to an activating group) is 1. The standard InChI is InChI=1S/C12H16N2O3/c1-13-5-6-14-12(15)9-3-2-4-10-11(9)17-8-7-16-10/h2-4,13H,5-8H2,1H3,(H,14,15). The molecule has 92 valence electrons. The van der Waals surface area contributed by atoms with Crippen LogP contribution in [-0.2, 0) is 0 Å². The van der Waals surface area contributed by atoms with Crippen molar-refractivity contribution in [2.75, 3.05) is 33.4 Å². The summed E-state index contributed by atoms with van der Waals surface area (Å²) in [5, 5.41) is 5.78. The molecule has 1 aliphatic heterocycles. The molecule has 0 atom stereocenters. The van der Waals surface area contributed by atoms with Crippen LogP contribution in [0.25, 0.3) is 0 Å². The number of rotatable bonds is 4. The van der Waals surface area contributed by atoms with Crippen molar-refractivity contribution in [3.05, 3.63) is 23.8 Å². The summed E-state index contributed by atoms with van der Waals surface area (Å²) >= 11 is 0. The minimum Gasteiger partial charge on any atom is -0.486 e. The number of hydrogen-bond donors (Lipinski definition) is 2. The van der Waals surface area contributed by atoms with Crippen LogP contribution in [0.2, 0.25) is 0 Å².